The summed E-state index contributed by atoms with van der Waals surface area (Å²) in [5, 5.41) is 14.9. The molecule has 0 bridgehead atoms. The fourth-order valence-corrected chi connectivity index (χ4v) is 7.42. The van der Waals surface area contributed by atoms with Gasteiger partial charge in [-0.3, -0.25) is 9.36 Å². The maximum Gasteiger partial charge on any atom is 0.326 e. The molecule has 0 saturated carbocycles. The molecule has 0 radical (unpaired) electrons. The third-order valence-electron chi connectivity index (χ3n) is 10.2. The van der Waals surface area contributed by atoms with Gasteiger partial charge in [0.2, 0.25) is 0 Å². The summed E-state index contributed by atoms with van der Waals surface area (Å²) in [6, 6.07) is 31.6. The third kappa shape index (κ3) is 8.91. The lowest BCUT2D eigenvalue weighted by atomic mass is 9.98. The molecule has 12 heteroatoms. The van der Waals surface area contributed by atoms with Crippen molar-refractivity contribution >= 4 is 23.0 Å². The van der Waals surface area contributed by atoms with Gasteiger partial charge in [-0.05, 0) is 65.8 Å². The lowest BCUT2D eigenvalue weighted by Gasteiger charge is -2.40. The second kappa shape index (κ2) is 17.3. The van der Waals surface area contributed by atoms with Crippen LogP contribution in [0.15, 0.2) is 102 Å². The normalized spacial score (nSPS) is 19.4. The van der Waals surface area contributed by atoms with Crippen LogP contribution in [0.3, 0.4) is 0 Å². The van der Waals surface area contributed by atoms with Gasteiger partial charge < -0.3 is 39.8 Å². The van der Waals surface area contributed by atoms with Crippen molar-refractivity contribution in [3.63, 3.8) is 0 Å². The van der Waals surface area contributed by atoms with Crippen LogP contribution < -0.4 is 16.3 Å². The fraction of sp³-hybridized carbons (Fsp3) is 0.357. The number of esters is 1. The monoisotopic (exact) mass is 733 g/mol. The number of ether oxygens (including phenoxy) is 3. The summed E-state index contributed by atoms with van der Waals surface area (Å²) in [4.78, 5) is 42.0. The zero-order valence-corrected chi connectivity index (χ0v) is 30.4. The zero-order chi connectivity index (χ0) is 37.4. The molecule has 2 amide bonds. The van der Waals surface area contributed by atoms with Crippen LogP contribution in [-0.4, -0.2) is 70.4 Å². The van der Waals surface area contributed by atoms with E-state index in [1.165, 1.54) is 0 Å². The molecule has 12 nitrogen and oxygen atoms in total. The molecule has 2 fully saturated rings. The van der Waals surface area contributed by atoms with Crippen molar-refractivity contribution in [3.05, 3.63) is 130 Å². The molecule has 4 N–H and O–H groups in total. The molecule has 1 aromatic heterocycles. The highest BCUT2D eigenvalue weighted by molar-refractivity contribution is 5.80. The van der Waals surface area contributed by atoms with Gasteiger partial charge >= 0.3 is 17.7 Å². The topological polar surface area (TPSA) is 147 Å². The Morgan fingerprint density at radius 1 is 0.870 bits per heavy atom. The smallest absolute Gasteiger partial charge is 0.326 e. The Morgan fingerprint density at radius 2 is 1.63 bits per heavy atom. The zero-order valence-electron chi connectivity index (χ0n) is 30.4. The first-order valence-electron chi connectivity index (χ1n) is 18.7. The molecular formula is C42H47N5O7. The number of carbonyl (C=O) groups excluding carboxylic acids is 2. The van der Waals surface area contributed by atoms with Crippen LogP contribution in [0.1, 0.15) is 66.9 Å². The summed E-state index contributed by atoms with van der Waals surface area (Å²) in [5.41, 5.74) is 7.49. The Labute approximate surface area is 314 Å². The molecule has 3 heterocycles. The predicted octanol–water partition coefficient (Wildman–Crippen LogP) is 5.73. The Bertz CT molecular complexity index is 2090. The summed E-state index contributed by atoms with van der Waals surface area (Å²) >= 11 is 0. The number of aliphatic hydroxyl groups excluding tert-OH is 1. The number of likely N-dealkylation sites (tertiary alicyclic amines) is 1. The number of carbonyl (C=O) groups is 2. The van der Waals surface area contributed by atoms with E-state index >= 15 is 0 Å². The number of piperidine rings is 1. The first-order chi connectivity index (χ1) is 26.4. The fourth-order valence-electron chi connectivity index (χ4n) is 7.42. The molecule has 2 aliphatic rings. The lowest BCUT2D eigenvalue weighted by molar-refractivity contribution is -0.253. The van der Waals surface area contributed by atoms with Crippen LogP contribution >= 0.6 is 0 Å². The number of aromatic amines is 1. The lowest BCUT2D eigenvalue weighted by Crippen LogP contribution is -2.43. The average Bonchev–Trinajstić information content (AvgIpc) is 3.55. The maximum atomic E-state index is 12.9. The van der Waals surface area contributed by atoms with Crippen LogP contribution in [0.2, 0.25) is 0 Å². The molecule has 2 saturated heterocycles. The van der Waals surface area contributed by atoms with E-state index in [0.29, 0.717) is 13.0 Å². The largest absolute Gasteiger partial charge is 0.465 e. The van der Waals surface area contributed by atoms with Gasteiger partial charge in [-0.25, -0.2) is 9.59 Å². The third-order valence-corrected chi connectivity index (χ3v) is 10.2. The predicted molar refractivity (Wildman–Crippen MR) is 204 cm³/mol. The summed E-state index contributed by atoms with van der Waals surface area (Å²) in [6.07, 6.45) is 1.59. The minimum absolute atomic E-state index is 0.0149. The van der Waals surface area contributed by atoms with Crippen molar-refractivity contribution < 1.29 is 28.9 Å². The molecule has 5 aromatic rings. The number of nitrogens with zero attached hydrogens (tertiary/aromatic N) is 2. The number of urea groups is 1. The Hall–Kier alpha value is -5.27. The van der Waals surface area contributed by atoms with Gasteiger partial charge in [0.05, 0.1) is 36.5 Å². The second-order valence-corrected chi connectivity index (χ2v) is 13.9. The number of H-pyrrole nitrogens is 1. The highest BCUT2D eigenvalue weighted by atomic mass is 16.7. The summed E-state index contributed by atoms with van der Waals surface area (Å²) in [6.45, 7) is 4.54. The van der Waals surface area contributed by atoms with Crippen molar-refractivity contribution in [3.8, 4) is 11.1 Å². The summed E-state index contributed by atoms with van der Waals surface area (Å²) < 4.78 is 20.1. The van der Waals surface area contributed by atoms with Crippen molar-refractivity contribution in [1.82, 2.24) is 25.1 Å². The van der Waals surface area contributed by atoms with Crippen LogP contribution in [0.4, 0.5) is 4.79 Å². The summed E-state index contributed by atoms with van der Waals surface area (Å²) in [7, 11) is 0. The first kappa shape index (κ1) is 37.1. The number of rotatable bonds is 12. The average molecular weight is 734 g/mol. The second-order valence-electron chi connectivity index (χ2n) is 13.9. The van der Waals surface area contributed by atoms with E-state index in [9.17, 15) is 19.5 Å². The number of aliphatic hydroxyl groups is 1. The van der Waals surface area contributed by atoms with E-state index in [4.69, 9.17) is 14.2 Å². The Balaban J connectivity index is 1.01. The van der Waals surface area contributed by atoms with Crippen LogP contribution in [-0.2, 0) is 32.2 Å². The van der Waals surface area contributed by atoms with E-state index in [1.54, 1.807) is 6.92 Å². The van der Waals surface area contributed by atoms with Crippen molar-refractivity contribution in [2.75, 3.05) is 32.8 Å². The number of hydrogen-bond acceptors (Lipinski definition) is 8. The van der Waals surface area contributed by atoms with E-state index in [1.807, 2.05) is 102 Å². The molecule has 0 spiro atoms. The number of para-hydroxylation sites is 2. The molecule has 7 rings (SSSR count). The number of fused-ring (bicyclic) bond motifs is 1. The maximum absolute atomic E-state index is 12.9. The Kier molecular flexibility index (Phi) is 11.8. The molecular weight excluding hydrogens is 686 g/mol. The van der Waals surface area contributed by atoms with Gasteiger partial charge in [0.1, 0.15) is 6.54 Å². The van der Waals surface area contributed by atoms with Gasteiger partial charge in [0.15, 0.2) is 6.29 Å². The number of hydrogen-bond donors (Lipinski definition) is 4. The van der Waals surface area contributed by atoms with Gasteiger partial charge in [-0.1, -0.05) is 78.9 Å². The first-order valence-corrected chi connectivity index (χ1v) is 18.7. The summed E-state index contributed by atoms with van der Waals surface area (Å²) in [5.74, 6) is -0.484. The van der Waals surface area contributed by atoms with Gasteiger partial charge in [-0.15, -0.1) is 0 Å². The van der Waals surface area contributed by atoms with Crippen molar-refractivity contribution in [2.24, 2.45) is 0 Å². The molecule has 3 atom stereocenters. The van der Waals surface area contributed by atoms with E-state index in [-0.39, 0.29) is 43.7 Å². The number of imidazole rings is 1. The number of nitrogens with one attached hydrogen (secondary N) is 3. The minimum atomic E-state index is -0.577. The quantitative estimate of drug-likeness (QED) is 0.119. The minimum Gasteiger partial charge on any atom is -0.465 e. The molecule has 0 unspecified atom stereocenters. The van der Waals surface area contributed by atoms with Crippen LogP contribution in [0, 0.1) is 0 Å². The van der Waals surface area contributed by atoms with Gasteiger partial charge in [0.25, 0.3) is 0 Å². The number of amides is 2. The molecule has 4 aromatic carbocycles. The molecule has 0 aliphatic carbocycles. The van der Waals surface area contributed by atoms with Crippen molar-refractivity contribution in [2.45, 2.75) is 63.9 Å². The van der Waals surface area contributed by atoms with E-state index in [0.717, 1.165) is 76.9 Å². The van der Waals surface area contributed by atoms with Gasteiger partial charge in [-0.2, -0.15) is 0 Å². The highest BCUT2D eigenvalue weighted by Crippen LogP contribution is 2.39. The standard InChI is InChI=1S/C42H47N5O7/c1-2-52-39(49)25-44-41(50)43-24-29-6-5-7-33(22-29)30-14-16-32(17-15-30)40-53-35(23-38(54-40)31-12-10-28(27-48)11-13-31)26-46-20-18-34(19-21-46)47-37-9-4-3-8-36(37)45-42(47)51/h3-17,22,34-35,38,40,48H,2,18-21,23-27H2,1H3,(H,45,51)(H2,43,44,50)/t35-,38+,40+/m1/s1. The van der Waals surface area contributed by atoms with Crippen molar-refractivity contribution in [1.29, 1.82) is 0 Å². The Morgan fingerprint density at radius 3 is 2.39 bits per heavy atom. The van der Waals surface area contributed by atoms with Gasteiger partial charge in [0, 0.05) is 44.2 Å². The van der Waals surface area contributed by atoms with Crippen LogP contribution in [0.25, 0.3) is 22.2 Å². The molecule has 2 aliphatic heterocycles. The number of aromatic nitrogens is 2. The highest BCUT2D eigenvalue weighted by Gasteiger charge is 2.34. The van der Waals surface area contributed by atoms with Crippen LogP contribution in [0.5, 0.6) is 0 Å². The molecule has 282 valence electrons. The molecule has 54 heavy (non-hydrogen) atoms. The van der Waals surface area contributed by atoms with E-state index < -0.39 is 18.3 Å². The SMILES string of the molecule is CCOC(=O)CNC(=O)NCc1cccc(-c2ccc([C@H]3O[C@@H](CN4CCC(n5c(=O)[nH]c6ccccc65)CC4)C[C@@H](c4ccc(CO)cc4)O3)cc2)c1. The number of benzene rings is 4. The van der Waals surface area contributed by atoms with E-state index in [2.05, 4.69) is 20.5 Å².